The summed E-state index contributed by atoms with van der Waals surface area (Å²) in [5.74, 6) is -4.65. The molecule has 1 aromatic carbocycles. The molecule has 0 amide bonds. The predicted octanol–water partition coefficient (Wildman–Crippen LogP) is 2.72. The van der Waals surface area contributed by atoms with E-state index in [-0.39, 0.29) is 10.8 Å². The van der Waals surface area contributed by atoms with Gasteiger partial charge >= 0.3 is 5.97 Å². The molecule has 0 saturated carbocycles. The third kappa shape index (κ3) is 3.58. The van der Waals surface area contributed by atoms with Crippen LogP contribution in [0.1, 0.15) is 18.9 Å². The normalized spacial score (nSPS) is 12.9. The average Bonchev–Trinajstić information content (AvgIpc) is 2.44. The standard InChI is InChI=1S/C13H16ClF2NO3/c1-3-6-20-10-7-8(4-5-9(10)14)13(15,16)11(17)12(18)19-2/h4-5,7,11H,3,6,17H2,1-2H3. The zero-order valence-electron chi connectivity index (χ0n) is 11.2. The fourth-order valence-electron chi connectivity index (χ4n) is 1.49. The molecule has 1 unspecified atom stereocenters. The quantitative estimate of drug-likeness (QED) is 0.821. The monoisotopic (exact) mass is 307 g/mol. The highest BCUT2D eigenvalue weighted by Gasteiger charge is 2.44. The Morgan fingerprint density at radius 3 is 2.70 bits per heavy atom. The molecule has 0 aromatic heterocycles. The van der Waals surface area contributed by atoms with Crippen molar-refractivity contribution in [3.8, 4) is 5.75 Å². The van der Waals surface area contributed by atoms with Crippen molar-refractivity contribution in [2.75, 3.05) is 13.7 Å². The number of benzene rings is 1. The van der Waals surface area contributed by atoms with E-state index in [1.54, 1.807) is 0 Å². The molecule has 7 heteroatoms. The summed E-state index contributed by atoms with van der Waals surface area (Å²) < 4.78 is 37.7. The van der Waals surface area contributed by atoms with Crippen LogP contribution < -0.4 is 10.5 Å². The first-order valence-electron chi connectivity index (χ1n) is 5.98. The van der Waals surface area contributed by atoms with Crippen molar-refractivity contribution < 1.29 is 23.0 Å². The minimum atomic E-state index is -3.58. The summed E-state index contributed by atoms with van der Waals surface area (Å²) in [7, 11) is 0.996. The first kappa shape index (κ1) is 16.7. The second-order valence-electron chi connectivity index (χ2n) is 4.12. The van der Waals surface area contributed by atoms with Crippen molar-refractivity contribution >= 4 is 17.6 Å². The van der Waals surface area contributed by atoms with Crippen molar-refractivity contribution in [1.82, 2.24) is 0 Å². The Morgan fingerprint density at radius 1 is 1.50 bits per heavy atom. The maximum Gasteiger partial charge on any atom is 0.329 e. The Bertz CT molecular complexity index is 483. The van der Waals surface area contributed by atoms with Crippen LogP contribution in [-0.4, -0.2) is 25.7 Å². The number of nitrogens with two attached hydrogens (primary N) is 1. The Hall–Kier alpha value is -1.40. The van der Waals surface area contributed by atoms with Gasteiger partial charge in [-0.05, 0) is 18.6 Å². The van der Waals surface area contributed by atoms with Gasteiger partial charge < -0.3 is 15.2 Å². The molecule has 0 saturated heterocycles. The van der Waals surface area contributed by atoms with Gasteiger partial charge in [-0.1, -0.05) is 24.6 Å². The molecular weight excluding hydrogens is 292 g/mol. The Morgan fingerprint density at radius 2 is 2.15 bits per heavy atom. The number of halogens is 3. The summed E-state index contributed by atoms with van der Waals surface area (Å²) in [5, 5.41) is 0.213. The predicted molar refractivity (Wildman–Crippen MR) is 71.1 cm³/mol. The minimum Gasteiger partial charge on any atom is -0.492 e. The summed E-state index contributed by atoms with van der Waals surface area (Å²) >= 11 is 5.86. The van der Waals surface area contributed by atoms with Crippen LogP contribution in [0.3, 0.4) is 0 Å². The van der Waals surface area contributed by atoms with E-state index in [9.17, 15) is 13.6 Å². The summed E-state index contributed by atoms with van der Waals surface area (Å²) in [4.78, 5) is 11.2. The van der Waals surface area contributed by atoms with E-state index in [4.69, 9.17) is 22.1 Å². The molecule has 0 radical (unpaired) electrons. The number of hydrogen-bond donors (Lipinski definition) is 1. The number of methoxy groups -OCH3 is 1. The highest BCUT2D eigenvalue weighted by atomic mass is 35.5. The van der Waals surface area contributed by atoms with Crippen LogP contribution in [0, 0.1) is 0 Å². The van der Waals surface area contributed by atoms with Gasteiger partial charge in [0.15, 0.2) is 6.04 Å². The van der Waals surface area contributed by atoms with Crippen LogP contribution in [0.5, 0.6) is 5.75 Å². The molecule has 20 heavy (non-hydrogen) atoms. The molecule has 0 bridgehead atoms. The van der Waals surface area contributed by atoms with Crippen LogP contribution in [-0.2, 0) is 15.5 Å². The average molecular weight is 308 g/mol. The van der Waals surface area contributed by atoms with Crippen molar-refractivity contribution in [3.63, 3.8) is 0 Å². The fourth-order valence-corrected chi connectivity index (χ4v) is 1.66. The number of ether oxygens (including phenoxy) is 2. The molecule has 1 rings (SSSR count). The van der Waals surface area contributed by atoms with Gasteiger partial charge in [0.25, 0.3) is 5.92 Å². The lowest BCUT2D eigenvalue weighted by molar-refractivity contribution is -0.153. The molecule has 2 N–H and O–H groups in total. The molecule has 0 aliphatic heterocycles. The van der Waals surface area contributed by atoms with Gasteiger partial charge in [0.1, 0.15) is 5.75 Å². The van der Waals surface area contributed by atoms with Crippen molar-refractivity contribution in [2.45, 2.75) is 25.3 Å². The molecule has 1 aromatic rings. The van der Waals surface area contributed by atoms with Gasteiger partial charge in [-0.25, -0.2) is 0 Å². The van der Waals surface area contributed by atoms with Crippen LogP contribution in [0.25, 0.3) is 0 Å². The first-order chi connectivity index (χ1) is 9.34. The Labute approximate surface area is 120 Å². The van der Waals surface area contributed by atoms with Crippen LogP contribution in [0.15, 0.2) is 18.2 Å². The lowest BCUT2D eigenvalue weighted by Crippen LogP contribution is -2.45. The van der Waals surface area contributed by atoms with Crippen LogP contribution in [0.4, 0.5) is 8.78 Å². The zero-order chi connectivity index (χ0) is 15.3. The van der Waals surface area contributed by atoms with E-state index in [1.165, 1.54) is 6.07 Å². The highest BCUT2D eigenvalue weighted by Crippen LogP contribution is 2.36. The zero-order valence-corrected chi connectivity index (χ0v) is 11.9. The lowest BCUT2D eigenvalue weighted by atomic mass is 10.0. The van der Waals surface area contributed by atoms with Crippen LogP contribution in [0.2, 0.25) is 5.02 Å². The summed E-state index contributed by atoms with van der Waals surface area (Å²) in [5.41, 5.74) is 4.77. The van der Waals surface area contributed by atoms with Crippen LogP contribution >= 0.6 is 11.6 Å². The van der Waals surface area contributed by atoms with Gasteiger partial charge in [0, 0.05) is 5.56 Å². The Kier molecular flexibility index (Phi) is 5.71. The molecule has 112 valence electrons. The van der Waals surface area contributed by atoms with E-state index >= 15 is 0 Å². The molecule has 4 nitrogen and oxygen atoms in total. The number of hydrogen-bond acceptors (Lipinski definition) is 4. The van der Waals surface area contributed by atoms with Gasteiger partial charge in [-0.3, -0.25) is 4.79 Å². The van der Waals surface area contributed by atoms with Gasteiger partial charge in [0.05, 0.1) is 18.7 Å². The Balaban J connectivity index is 3.08. The molecule has 1 atom stereocenters. The van der Waals surface area contributed by atoms with Gasteiger partial charge in [-0.15, -0.1) is 0 Å². The molecule has 0 spiro atoms. The van der Waals surface area contributed by atoms with E-state index in [1.807, 2.05) is 6.92 Å². The number of rotatable bonds is 6. The largest absolute Gasteiger partial charge is 0.492 e. The smallest absolute Gasteiger partial charge is 0.329 e. The molecule has 0 aliphatic carbocycles. The second kappa shape index (κ2) is 6.85. The lowest BCUT2D eigenvalue weighted by Gasteiger charge is -2.22. The topological polar surface area (TPSA) is 61.5 Å². The van der Waals surface area contributed by atoms with E-state index in [2.05, 4.69) is 4.74 Å². The summed E-state index contributed by atoms with van der Waals surface area (Å²) in [6.45, 7) is 2.22. The molecular formula is C13H16ClF2NO3. The third-order valence-corrected chi connectivity index (χ3v) is 2.94. The minimum absolute atomic E-state index is 0.128. The summed E-state index contributed by atoms with van der Waals surface area (Å²) in [6, 6.07) is 1.37. The van der Waals surface area contributed by atoms with Gasteiger partial charge in [-0.2, -0.15) is 8.78 Å². The van der Waals surface area contributed by atoms with E-state index in [0.29, 0.717) is 13.0 Å². The highest BCUT2D eigenvalue weighted by molar-refractivity contribution is 6.32. The molecule has 0 heterocycles. The third-order valence-electron chi connectivity index (χ3n) is 2.62. The fraction of sp³-hybridized carbons (Fsp3) is 0.462. The number of carbonyl (C=O) groups excluding carboxylic acids is 1. The van der Waals surface area contributed by atoms with E-state index < -0.39 is 23.5 Å². The SMILES string of the molecule is CCCOc1cc(C(F)(F)C(N)C(=O)OC)ccc1Cl. The van der Waals surface area contributed by atoms with Crippen molar-refractivity contribution in [2.24, 2.45) is 5.73 Å². The number of alkyl halides is 2. The van der Waals surface area contributed by atoms with Gasteiger partial charge in [0.2, 0.25) is 0 Å². The molecule has 0 aliphatic rings. The first-order valence-corrected chi connectivity index (χ1v) is 6.36. The molecule has 0 fully saturated rings. The second-order valence-corrected chi connectivity index (χ2v) is 4.52. The van der Waals surface area contributed by atoms with Crippen molar-refractivity contribution in [1.29, 1.82) is 0 Å². The number of esters is 1. The van der Waals surface area contributed by atoms with Crippen molar-refractivity contribution in [3.05, 3.63) is 28.8 Å². The number of carbonyl (C=O) groups is 1. The summed E-state index contributed by atoms with van der Waals surface area (Å²) in [6.07, 6.45) is 0.707. The maximum absolute atomic E-state index is 14.1. The maximum atomic E-state index is 14.1. The van der Waals surface area contributed by atoms with E-state index in [0.717, 1.165) is 19.2 Å².